The molecule has 1 aromatic carbocycles. The highest BCUT2D eigenvalue weighted by molar-refractivity contribution is 7.19. The van der Waals surface area contributed by atoms with Gasteiger partial charge in [-0.1, -0.05) is 44.2 Å². The molecule has 1 aliphatic heterocycles. The van der Waals surface area contributed by atoms with Crippen LogP contribution in [-0.2, 0) is 6.42 Å². The number of amides is 2. The van der Waals surface area contributed by atoms with Crippen LogP contribution in [0.5, 0.6) is 0 Å². The summed E-state index contributed by atoms with van der Waals surface area (Å²) in [5, 5.41) is 15.3. The second kappa shape index (κ2) is 7.82. The van der Waals surface area contributed by atoms with E-state index in [2.05, 4.69) is 46.5 Å². The summed E-state index contributed by atoms with van der Waals surface area (Å²) in [5.41, 5.74) is 2.00. The van der Waals surface area contributed by atoms with Gasteiger partial charge in [-0.15, -0.1) is 10.2 Å². The number of benzene rings is 1. The van der Waals surface area contributed by atoms with Crippen LogP contribution in [0.3, 0.4) is 0 Å². The zero-order chi connectivity index (χ0) is 17.8. The number of nitrogens with zero attached hydrogens (tertiary/aromatic N) is 3. The quantitative estimate of drug-likeness (QED) is 0.857. The van der Waals surface area contributed by atoms with E-state index in [9.17, 15) is 4.79 Å². The lowest BCUT2D eigenvalue weighted by Crippen LogP contribution is -2.38. The Morgan fingerprint density at radius 1 is 1.16 bits per heavy atom. The molecule has 0 bridgehead atoms. The summed E-state index contributed by atoms with van der Waals surface area (Å²) in [7, 11) is 0. The molecule has 2 atom stereocenters. The fourth-order valence-corrected chi connectivity index (χ4v) is 4.05. The van der Waals surface area contributed by atoms with Gasteiger partial charge in [-0.25, -0.2) is 4.79 Å². The molecule has 1 saturated heterocycles. The maximum atomic E-state index is 12.1. The van der Waals surface area contributed by atoms with Crippen LogP contribution in [0.15, 0.2) is 24.3 Å². The van der Waals surface area contributed by atoms with Gasteiger partial charge in [0.1, 0.15) is 0 Å². The van der Waals surface area contributed by atoms with E-state index in [1.54, 1.807) is 0 Å². The summed E-state index contributed by atoms with van der Waals surface area (Å²) < 4.78 is 0. The normalized spacial score (nSPS) is 20.4. The summed E-state index contributed by atoms with van der Waals surface area (Å²) >= 11 is 1.42. The SMILES string of the molecule is CCc1ccc(NC(=O)Nc2nnc(N3C[C@H](C)C[C@H](C)C3)s2)cc1. The lowest BCUT2D eigenvalue weighted by atomic mass is 9.92. The Kier molecular flexibility index (Phi) is 5.53. The Morgan fingerprint density at radius 3 is 2.48 bits per heavy atom. The summed E-state index contributed by atoms with van der Waals surface area (Å²) in [5.74, 6) is 1.30. The lowest BCUT2D eigenvalue weighted by Gasteiger charge is -2.34. The molecule has 0 spiro atoms. The van der Waals surface area contributed by atoms with Crippen molar-refractivity contribution in [2.45, 2.75) is 33.6 Å². The molecule has 3 rings (SSSR count). The number of carbonyl (C=O) groups excluding carboxylic acids is 1. The monoisotopic (exact) mass is 359 g/mol. The van der Waals surface area contributed by atoms with E-state index in [1.807, 2.05) is 24.3 Å². The first-order chi connectivity index (χ1) is 12.0. The van der Waals surface area contributed by atoms with Gasteiger partial charge in [0.15, 0.2) is 0 Å². The smallest absolute Gasteiger partial charge is 0.325 e. The van der Waals surface area contributed by atoms with Gasteiger partial charge in [-0.05, 0) is 42.4 Å². The lowest BCUT2D eigenvalue weighted by molar-refractivity contribution is 0.262. The molecule has 0 saturated carbocycles. The Bertz CT molecular complexity index is 705. The number of anilines is 3. The largest absolute Gasteiger partial charge is 0.346 e. The molecule has 6 nitrogen and oxygen atoms in total. The summed E-state index contributed by atoms with van der Waals surface area (Å²) in [4.78, 5) is 14.4. The van der Waals surface area contributed by atoms with Crippen LogP contribution in [0, 0.1) is 11.8 Å². The van der Waals surface area contributed by atoms with Gasteiger partial charge in [0.05, 0.1) is 0 Å². The Labute approximate surface area is 152 Å². The van der Waals surface area contributed by atoms with Crippen LogP contribution in [-0.4, -0.2) is 29.3 Å². The number of carbonyl (C=O) groups is 1. The van der Waals surface area contributed by atoms with E-state index in [1.165, 1.54) is 23.3 Å². The van der Waals surface area contributed by atoms with E-state index in [0.29, 0.717) is 17.0 Å². The molecule has 7 heteroatoms. The van der Waals surface area contributed by atoms with Crippen molar-refractivity contribution in [2.24, 2.45) is 11.8 Å². The molecule has 25 heavy (non-hydrogen) atoms. The number of hydrogen-bond acceptors (Lipinski definition) is 5. The topological polar surface area (TPSA) is 70.1 Å². The van der Waals surface area contributed by atoms with Crippen LogP contribution in [0.25, 0.3) is 0 Å². The van der Waals surface area contributed by atoms with Crippen molar-refractivity contribution in [1.82, 2.24) is 10.2 Å². The molecule has 0 aliphatic carbocycles. The van der Waals surface area contributed by atoms with Crippen molar-refractivity contribution in [3.05, 3.63) is 29.8 Å². The van der Waals surface area contributed by atoms with Crippen molar-refractivity contribution in [1.29, 1.82) is 0 Å². The predicted molar refractivity (Wildman–Crippen MR) is 104 cm³/mol. The van der Waals surface area contributed by atoms with Gasteiger partial charge in [0.25, 0.3) is 0 Å². The van der Waals surface area contributed by atoms with Gasteiger partial charge in [0, 0.05) is 18.8 Å². The van der Waals surface area contributed by atoms with E-state index in [0.717, 1.165) is 30.3 Å². The third-order valence-corrected chi connectivity index (χ3v) is 5.29. The second-order valence-electron chi connectivity index (χ2n) is 6.87. The first-order valence-corrected chi connectivity index (χ1v) is 9.60. The molecule has 1 fully saturated rings. The summed E-state index contributed by atoms with van der Waals surface area (Å²) in [6, 6.07) is 7.53. The fourth-order valence-electron chi connectivity index (χ4n) is 3.30. The number of aromatic nitrogens is 2. The van der Waals surface area contributed by atoms with Gasteiger partial charge in [0.2, 0.25) is 10.3 Å². The van der Waals surface area contributed by atoms with E-state index >= 15 is 0 Å². The predicted octanol–water partition coefficient (Wildman–Crippen LogP) is 4.23. The van der Waals surface area contributed by atoms with Crippen molar-refractivity contribution in [3.63, 3.8) is 0 Å². The summed E-state index contributed by atoms with van der Waals surface area (Å²) in [6.07, 6.45) is 2.23. The first kappa shape index (κ1) is 17.7. The molecule has 0 unspecified atom stereocenters. The Balaban J connectivity index is 1.57. The van der Waals surface area contributed by atoms with Crippen LogP contribution >= 0.6 is 11.3 Å². The maximum absolute atomic E-state index is 12.1. The van der Waals surface area contributed by atoms with Gasteiger partial charge in [-0.3, -0.25) is 5.32 Å². The first-order valence-electron chi connectivity index (χ1n) is 8.79. The minimum absolute atomic E-state index is 0.299. The summed E-state index contributed by atoms with van der Waals surface area (Å²) in [6.45, 7) is 8.62. The minimum atomic E-state index is -0.299. The zero-order valence-corrected chi connectivity index (χ0v) is 15.8. The van der Waals surface area contributed by atoms with Crippen LogP contribution < -0.4 is 15.5 Å². The molecule has 2 aromatic rings. The molecule has 134 valence electrons. The van der Waals surface area contributed by atoms with E-state index in [-0.39, 0.29) is 6.03 Å². The number of hydrogen-bond donors (Lipinski definition) is 2. The molecule has 1 aliphatic rings. The molecule has 2 amide bonds. The Morgan fingerprint density at radius 2 is 1.84 bits per heavy atom. The highest BCUT2D eigenvalue weighted by Gasteiger charge is 2.24. The van der Waals surface area contributed by atoms with E-state index < -0.39 is 0 Å². The number of piperidine rings is 1. The average Bonchev–Trinajstić information content (AvgIpc) is 3.03. The maximum Gasteiger partial charge on any atom is 0.325 e. The number of urea groups is 1. The Hall–Kier alpha value is -2.15. The number of aryl methyl sites for hydroxylation is 1. The number of nitrogens with one attached hydrogen (secondary N) is 2. The van der Waals surface area contributed by atoms with Crippen LogP contribution in [0.2, 0.25) is 0 Å². The second-order valence-corrected chi connectivity index (χ2v) is 7.83. The van der Waals surface area contributed by atoms with Gasteiger partial charge in [-0.2, -0.15) is 0 Å². The van der Waals surface area contributed by atoms with Crippen molar-refractivity contribution in [3.8, 4) is 0 Å². The highest BCUT2D eigenvalue weighted by atomic mass is 32.1. The van der Waals surface area contributed by atoms with Crippen LogP contribution in [0.1, 0.15) is 32.8 Å². The van der Waals surface area contributed by atoms with Crippen LogP contribution in [0.4, 0.5) is 20.7 Å². The molecule has 1 aromatic heterocycles. The van der Waals surface area contributed by atoms with Gasteiger partial charge < -0.3 is 10.2 Å². The van der Waals surface area contributed by atoms with Crippen molar-refractivity contribution >= 4 is 33.3 Å². The molecular weight excluding hydrogens is 334 g/mol. The van der Waals surface area contributed by atoms with E-state index in [4.69, 9.17) is 0 Å². The molecular formula is C18H25N5OS. The number of rotatable bonds is 4. The van der Waals surface area contributed by atoms with Crippen molar-refractivity contribution in [2.75, 3.05) is 28.6 Å². The average molecular weight is 359 g/mol. The highest BCUT2D eigenvalue weighted by Crippen LogP contribution is 2.30. The van der Waals surface area contributed by atoms with Gasteiger partial charge >= 0.3 is 6.03 Å². The standard InChI is InChI=1S/C18H25N5OS/c1-4-14-5-7-15(8-6-14)19-16(24)20-17-21-22-18(25-17)23-10-12(2)9-13(3)11-23/h5-8,12-13H,4,9-11H2,1-3H3,(H2,19,20,21,24)/t12-,13+. The van der Waals surface area contributed by atoms with Crippen molar-refractivity contribution < 1.29 is 4.79 Å². The zero-order valence-electron chi connectivity index (χ0n) is 15.0. The molecule has 2 heterocycles. The fraction of sp³-hybridized carbons (Fsp3) is 0.500. The molecule has 0 radical (unpaired) electrons. The third kappa shape index (κ3) is 4.69. The molecule has 2 N–H and O–H groups in total. The minimum Gasteiger partial charge on any atom is -0.346 e. The third-order valence-electron chi connectivity index (χ3n) is 4.39.